The second-order valence-corrected chi connectivity index (χ2v) is 28.7. The van der Waals surface area contributed by atoms with Crippen molar-refractivity contribution in [2.75, 3.05) is 99.5 Å². The van der Waals surface area contributed by atoms with E-state index in [0.717, 1.165) is 57.5 Å². The van der Waals surface area contributed by atoms with Crippen molar-refractivity contribution in [3.63, 3.8) is 0 Å². The fourth-order valence-corrected chi connectivity index (χ4v) is 10.9. The second kappa shape index (κ2) is 68.3. The van der Waals surface area contributed by atoms with E-state index in [2.05, 4.69) is 213 Å². The molecule has 14 aromatic carbocycles. The van der Waals surface area contributed by atoms with Crippen LogP contribution in [0.4, 0.5) is 4.39 Å². The Morgan fingerprint density at radius 2 is 0.388 bits per heavy atom. The molecule has 0 atom stereocenters. The van der Waals surface area contributed by atoms with Crippen molar-refractivity contribution in [1.29, 1.82) is 0 Å². The lowest BCUT2D eigenvalue weighted by molar-refractivity contribution is 0.355. The Bertz CT molecular complexity index is 4860. The maximum atomic E-state index is 12.6. The Morgan fingerprint density at radius 1 is 0.163 bits per heavy atom. The number of ether oxygens (including phenoxy) is 14. The highest BCUT2D eigenvalue weighted by Crippen LogP contribution is 2.29. The fourth-order valence-electron chi connectivity index (χ4n) is 10.9. The number of halogens is 1. The quantitative estimate of drug-likeness (QED) is 0.110. The smallest absolute Gasteiger partial charge is 0.160 e. The molecule has 0 aliphatic rings. The van der Waals surface area contributed by atoms with E-state index in [-0.39, 0.29) is 11.6 Å². The summed E-state index contributed by atoms with van der Waals surface area (Å²) in [4.78, 5) is 0. The molecule has 0 amide bonds. The Kier molecular flexibility index (Phi) is 59.8. The average molecular weight is 1760 g/mol. The molecule has 1 N–H and O–H groups in total. The zero-order valence-electron chi connectivity index (χ0n) is 81.6. The lowest BCUT2D eigenvalue weighted by Crippen LogP contribution is -1.93. The lowest BCUT2D eigenvalue weighted by atomic mass is 9.96. The van der Waals surface area contributed by atoms with Gasteiger partial charge in [-0.25, -0.2) is 4.39 Å². The van der Waals surface area contributed by atoms with E-state index in [4.69, 9.17) is 71.4 Å². The second-order valence-electron chi connectivity index (χ2n) is 28.7. The average Bonchev–Trinajstić information content (AvgIpc) is 0.833. The van der Waals surface area contributed by atoms with Gasteiger partial charge in [-0.1, -0.05) is 245 Å². The van der Waals surface area contributed by atoms with E-state index >= 15 is 0 Å². The molecule has 0 spiro atoms. The van der Waals surface area contributed by atoms with Crippen molar-refractivity contribution in [2.45, 2.75) is 104 Å². The van der Waals surface area contributed by atoms with Crippen LogP contribution in [0.25, 0.3) is 0 Å². The van der Waals surface area contributed by atoms with Gasteiger partial charge in [-0.3, -0.25) is 0 Å². The predicted molar refractivity (Wildman–Crippen MR) is 535 cm³/mol. The minimum atomic E-state index is -0.360. The van der Waals surface area contributed by atoms with Crippen LogP contribution >= 0.6 is 0 Å². The van der Waals surface area contributed by atoms with Gasteiger partial charge in [0.05, 0.1) is 99.5 Å². The summed E-state index contributed by atoms with van der Waals surface area (Å²) in [5.41, 5.74) is 20.6. The van der Waals surface area contributed by atoms with Gasteiger partial charge >= 0.3 is 0 Å². The van der Waals surface area contributed by atoms with Crippen LogP contribution in [0.5, 0.6) is 86.2 Å². The van der Waals surface area contributed by atoms with E-state index in [0.29, 0.717) is 23.0 Å². The molecular formula is C113H141FO15. The van der Waals surface area contributed by atoms with E-state index in [9.17, 15) is 4.39 Å². The monoisotopic (exact) mass is 1760 g/mol. The molecule has 690 valence electrons. The van der Waals surface area contributed by atoms with Crippen LogP contribution in [0, 0.1) is 110 Å². The fraction of sp³-hybridized carbons (Fsp3) is 0.257. The van der Waals surface area contributed by atoms with Crippen molar-refractivity contribution in [3.8, 4) is 86.2 Å². The number of hydrogen-bond donors (Lipinski definition) is 1. The number of phenols is 1. The van der Waals surface area contributed by atoms with Crippen molar-refractivity contribution >= 4 is 0 Å². The summed E-state index contributed by atoms with van der Waals surface area (Å²) in [6.45, 7) is 32.0. The topological polar surface area (TPSA) is 149 Å². The number of aromatic hydroxyl groups is 1. The van der Waals surface area contributed by atoms with E-state index in [1.165, 1.54) is 136 Å². The van der Waals surface area contributed by atoms with Crippen LogP contribution in [-0.2, 0) is 0 Å². The molecule has 0 saturated carbocycles. The van der Waals surface area contributed by atoms with Gasteiger partial charge in [0, 0.05) is 60.7 Å². The number of benzene rings is 14. The normalized spacial score (nSPS) is 9.19. The Balaban J connectivity index is 0.000000697. The molecule has 0 unspecified atom stereocenters. The zero-order valence-corrected chi connectivity index (χ0v) is 81.6. The first-order valence-electron chi connectivity index (χ1n) is 41.8. The molecule has 14 rings (SSSR count). The molecule has 0 bridgehead atoms. The third kappa shape index (κ3) is 51.9. The molecule has 0 aromatic heterocycles. The highest BCUT2D eigenvalue weighted by atomic mass is 19.1. The van der Waals surface area contributed by atoms with Gasteiger partial charge < -0.3 is 71.4 Å². The van der Waals surface area contributed by atoms with Gasteiger partial charge in [0.15, 0.2) is 11.5 Å². The summed E-state index contributed by atoms with van der Waals surface area (Å²) in [5.74, 6) is 9.83. The molecule has 0 saturated heterocycles. The summed E-state index contributed by atoms with van der Waals surface area (Å²) in [6, 6.07) is 103. The third-order valence-corrected chi connectivity index (χ3v) is 18.6. The highest BCUT2D eigenvalue weighted by Gasteiger charge is 2.05. The van der Waals surface area contributed by atoms with Crippen LogP contribution in [0.2, 0.25) is 0 Å². The zero-order chi connectivity index (χ0) is 96.3. The van der Waals surface area contributed by atoms with E-state index in [1.807, 2.05) is 158 Å². The van der Waals surface area contributed by atoms with Crippen LogP contribution in [0.1, 0.15) is 83.5 Å². The largest absolute Gasteiger partial charge is 0.508 e. The maximum Gasteiger partial charge on any atom is 0.160 e. The standard InChI is InChI=1S/C11H16.C9H12O3.C9H12.C8H9FO2.C8H10O3.3C8H10O2.3C8H10.C7H8O.C7H8.C6H6/c1-7-6-8(2)10(4)11(5)9(7)3;1-10-7-4-8(11-2)6-9(5-7)12-3;1-7-4-8(2)6-9(3)5-7;2*1-10-7-3-6(9)4-8(5-7)11-2;1-9-7-3-5-8(10-2)6-4-7;1-9-7-4-3-5-8(6-7)10-2;1-9-7-5-3-4-6-8(7)10-2;1-7-3-5-8(2)6-4-7;1-7-4-3-5-8(2)6-7;1-7-5-3-4-6-8(7)2;1-8-7-5-3-2-4-6-7;1-7-5-3-2-4-6-7;1-2-4-6-5-3-1/h6H,1-5H3;4-6H,1-3H3;4-6H,1-3H3;3-5H,1-2H3;3-5,9H,1-2H3;3*3-6H,1-2H3;3*3-6H,1-2H3;2-6H,1H3;2-6H,1H3;1-6H. The number of aryl methyl sites for hydroxylation is 12. The van der Waals surface area contributed by atoms with Crippen molar-refractivity contribution in [2.24, 2.45) is 0 Å². The molecule has 15 nitrogen and oxygen atoms in total. The van der Waals surface area contributed by atoms with Gasteiger partial charge in [-0.05, 0) is 203 Å². The van der Waals surface area contributed by atoms with Crippen LogP contribution < -0.4 is 66.3 Å². The molecule has 0 fully saturated rings. The van der Waals surface area contributed by atoms with Crippen molar-refractivity contribution in [3.05, 3.63) is 411 Å². The molecule has 14 aromatic rings. The number of methoxy groups -OCH3 is 14. The maximum absolute atomic E-state index is 12.6. The van der Waals surface area contributed by atoms with Crippen molar-refractivity contribution in [1.82, 2.24) is 0 Å². The van der Waals surface area contributed by atoms with Gasteiger partial charge in [0.1, 0.15) is 80.6 Å². The van der Waals surface area contributed by atoms with Gasteiger partial charge in [-0.2, -0.15) is 0 Å². The number of phenolic OH excluding ortho intramolecular Hbond substituents is 1. The van der Waals surface area contributed by atoms with Gasteiger partial charge in [0.25, 0.3) is 0 Å². The molecule has 16 heteroatoms. The minimum absolute atomic E-state index is 0.140. The molecule has 0 aliphatic heterocycles. The third-order valence-electron chi connectivity index (χ3n) is 18.6. The summed E-state index contributed by atoms with van der Waals surface area (Å²) in [7, 11) is 22.3. The molecule has 0 aliphatic carbocycles. The summed E-state index contributed by atoms with van der Waals surface area (Å²) < 4.78 is 82.0. The lowest BCUT2D eigenvalue weighted by Gasteiger charge is -2.10. The summed E-state index contributed by atoms with van der Waals surface area (Å²) in [6.07, 6.45) is 0. The van der Waals surface area contributed by atoms with E-state index in [1.54, 1.807) is 101 Å². The minimum Gasteiger partial charge on any atom is -0.508 e. The Morgan fingerprint density at radius 3 is 0.651 bits per heavy atom. The van der Waals surface area contributed by atoms with Crippen LogP contribution in [0.15, 0.2) is 322 Å². The van der Waals surface area contributed by atoms with Crippen LogP contribution in [-0.4, -0.2) is 105 Å². The Labute approximate surface area is 771 Å². The first-order chi connectivity index (χ1) is 61.8. The van der Waals surface area contributed by atoms with E-state index < -0.39 is 0 Å². The highest BCUT2D eigenvalue weighted by molar-refractivity contribution is 5.45. The summed E-state index contributed by atoms with van der Waals surface area (Å²) in [5, 5.41) is 9.10. The first-order valence-corrected chi connectivity index (χ1v) is 41.8. The van der Waals surface area contributed by atoms with Gasteiger partial charge in [-0.15, -0.1) is 0 Å². The number of hydrogen-bond acceptors (Lipinski definition) is 15. The molecule has 129 heavy (non-hydrogen) atoms. The Hall–Kier alpha value is -14.0. The SMILES string of the molecule is COc1cc(F)cc(OC)c1.COc1cc(O)cc(OC)c1.COc1cc(OC)cc(OC)c1.COc1ccc(OC)cc1.COc1cccc(OC)c1.COc1ccccc1.COc1ccccc1OC.Cc1cc(C)c(C)c(C)c1C.Cc1cc(C)cc(C)c1.Cc1ccc(C)cc1.Cc1cccc(C)c1.Cc1ccccc1.Cc1ccccc1C.c1ccccc1. The van der Waals surface area contributed by atoms with Crippen LogP contribution in [0.3, 0.4) is 0 Å². The number of para-hydroxylation sites is 3. The predicted octanol–water partition coefficient (Wildman–Crippen LogP) is 28.2. The first kappa shape index (κ1) is 113. The molecule has 0 heterocycles. The molecule has 0 radical (unpaired) electrons. The molecular weight excluding hydrogens is 1620 g/mol. The summed E-state index contributed by atoms with van der Waals surface area (Å²) >= 11 is 0. The number of rotatable bonds is 14. The van der Waals surface area contributed by atoms with Crippen molar-refractivity contribution < 1.29 is 75.8 Å². The van der Waals surface area contributed by atoms with Gasteiger partial charge in [0.2, 0.25) is 0 Å².